The fourth-order valence-corrected chi connectivity index (χ4v) is 2.55. The van der Waals surface area contributed by atoms with E-state index in [0.717, 1.165) is 32.4 Å². The molecule has 1 N–H and O–H groups in total. The summed E-state index contributed by atoms with van der Waals surface area (Å²) < 4.78 is 12.0. The number of rotatable bonds is 7. The van der Waals surface area contributed by atoms with Crippen molar-refractivity contribution in [3.8, 4) is 0 Å². The number of ether oxygens (including phenoxy) is 2. The van der Waals surface area contributed by atoms with Crippen LogP contribution >= 0.6 is 0 Å². The molecule has 0 amide bonds. The molecule has 1 aliphatic rings. The fraction of sp³-hybridized carbons (Fsp3) is 1.00. The van der Waals surface area contributed by atoms with Crippen LogP contribution in [0.1, 0.15) is 53.9 Å². The first-order valence-electron chi connectivity index (χ1n) is 7.52. The van der Waals surface area contributed by atoms with Gasteiger partial charge in [0.15, 0.2) is 0 Å². The molecule has 0 spiro atoms. The van der Waals surface area contributed by atoms with E-state index in [4.69, 9.17) is 9.47 Å². The van der Waals surface area contributed by atoms with Crippen LogP contribution in [0.15, 0.2) is 0 Å². The van der Waals surface area contributed by atoms with Gasteiger partial charge in [0.2, 0.25) is 0 Å². The molecular weight excluding hydrogens is 226 g/mol. The molecule has 1 aliphatic heterocycles. The summed E-state index contributed by atoms with van der Waals surface area (Å²) in [6.45, 7) is 13.0. The van der Waals surface area contributed by atoms with Crippen LogP contribution in [-0.2, 0) is 9.47 Å². The summed E-state index contributed by atoms with van der Waals surface area (Å²) in [4.78, 5) is 0. The lowest BCUT2D eigenvalue weighted by molar-refractivity contribution is -0.121. The second kappa shape index (κ2) is 8.13. The molecule has 1 saturated heterocycles. The molecule has 0 aromatic heterocycles. The normalized spacial score (nSPS) is 30.7. The van der Waals surface area contributed by atoms with E-state index >= 15 is 0 Å². The lowest BCUT2D eigenvalue weighted by atomic mass is 10.0. The van der Waals surface area contributed by atoms with Crippen LogP contribution in [0.5, 0.6) is 0 Å². The highest BCUT2D eigenvalue weighted by molar-refractivity contribution is 4.75. The molecule has 18 heavy (non-hydrogen) atoms. The Balaban J connectivity index is 2.28. The van der Waals surface area contributed by atoms with Gasteiger partial charge in [0, 0.05) is 6.54 Å². The average molecular weight is 257 g/mol. The van der Waals surface area contributed by atoms with Crippen LogP contribution in [-0.4, -0.2) is 37.5 Å². The molecule has 3 atom stereocenters. The molecule has 0 aromatic rings. The van der Waals surface area contributed by atoms with Crippen LogP contribution in [0, 0.1) is 5.92 Å². The van der Waals surface area contributed by atoms with Crippen LogP contribution in [0.25, 0.3) is 0 Å². The minimum atomic E-state index is 0.333. The van der Waals surface area contributed by atoms with Crippen LogP contribution in [0.3, 0.4) is 0 Å². The molecule has 0 aromatic carbocycles. The monoisotopic (exact) mass is 257 g/mol. The molecular formula is C15H31NO2. The van der Waals surface area contributed by atoms with Crippen molar-refractivity contribution in [1.29, 1.82) is 0 Å². The maximum absolute atomic E-state index is 6.22. The maximum Gasteiger partial charge on any atom is 0.0700 e. The molecule has 0 bridgehead atoms. The molecule has 0 saturated carbocycles. The van der Waals surface area contributed by atoms with E-state index in [9.17, 15) is 0 Å². The molecule has 0 aliphatic carbocycles. The molecule has 1 fully saturated rings. The van der Waals surface area contributed by atoms with E-state index in [0.29, 0.717) is 30.3 Å². The van der Waals surface area contributed by atoms with E-state index in [1.165, 1.54) is 0 Å². The molecule has 3 heteroatoms. The van der Waals surface area contributed by atoms with Gasteiger partial charge in [-0.05, 0) is 45.6 Å². The summed E-state index contributed by atoms with van der Waals surface area (Å²) in [5.74, 6) is 0.700. The van der Waals surface area contributed by atoms with Crippen LogP contribution in [0.4, 0.5) is 0 Å². The quantitative estimate of drug-likeness (QED) is 0.760. The highest BCUT2D eigenvalue weighted by atomic mass is 16.5. The standard InChI is InChI=1S/C15H31NO2/c1-6-14(10-16-9-11(2)3)18-15-7-12(4)17-13(5)8-15/h11-16H,6-10H2,1-5H3. The van der Waals surface area contributed by atoms with Gasteiger partial charge in [0.05, 0.1) is 24.4 Å². The highest BCUT2D eigenvalue weighted by Crippen LogP contribution is 2.23. The first-order chi connectivity index (χ1) is 8.51. The zero-order valence-electron chi connectivity index (χ0n) is 12.7. The summed E-state index contributed by atoms with van der Waals surface area (Å²) in [5.41, 5.74) is 0. The highest BCUT2D eigenvalue weighted by Gasteiger charge is 2.26. The second-order valence-corrected chi connectivity index (χ2v) is 6.07. The lowest BCUT2D eigenvalue weighted by Crippen LogP contribution is -2.39. The van der Waals surface area contributed by atoms with Crippen molar-refractivity contribution in [3.05, 3.63) is 0 Å². The number of nitrogens with one attached hydrogen (secondary N) is 1. The average Bonchev–Trinajstić information content (AvgIpc) is 2.25. The predicted octanol–water partition coefficient (Wildman–Crippen LogP) is 2.98. The van der Waals surface area contributed by atoms with Crippen LogP contribution < -0.4 is 5.32 Å². The topological polar surface area (TPSA) is 30.5 Å². The van der Waals surface area contributed by atoms with Crippen molar-refractivity contribution in [3.63, 3.8) is 0 Å². The smallest absolute Gasteiger partial charge is 0.0700 e. The van der Waals surface area contributed by atoms with Crippen molar-refractivity contribution >= 4 is 0 Å². The van der Waals surface area contributed by atoms with Crippen molar-refractivity contribution in [2.75, 3.05) is 13.1 Å². The van der Waals surface area contributed by atoms with E-state index in [-0.39, 0.29) is 0 Å². The summed E-state index contributed by atoms with van der Waals surface area (Å²) in [7, 11) is 0. The van der Waals surface area contributed by atoms with Crippen molar-refractivity contribution < 1.29 is 9.47 Å². The van der Waals surface area contributed by atoms with Gasteiger partial charge in [-0.25, -0.2) is 0 Å². The van der Waals surface area contributed by atoms with Gasteiger partial charge in [0.25, 0.3) is 0 Å². The van der Waals surface area contributed by atoms with Crippen molar-refractivity contribution in [1.82, 2.24) is 5.32 Å². The first-order valence-corrected chi connectivity index (χ1v) is 7.52. The molecule has 3 nitrogen and oxygen atoms in total. The third kappa shape index (κ3) is 6.17. The second-order valence-electron chi connectivity index (χ2n) is 6.07. The SMILES string of the molecule is CCC(CNCC(C)C)OC1CC(C)OC(C)C1. The molecule has 1 rings (SSSR count). The summed E-state index contributed by atoms with van der Waals surface area (Å²) >= 11 is 0. The predicted molar refractivity (Wildman–Crippen MR) is 75.9 cm³/mol. The van der Waals surface area contributed by atoms with E-state index < -0.39 is 0 Å². The van der Waals surface area contributed by atoms with Crippen molar-refractivity contribution in [2.45, 2.75) is 78.3 Å². The minimum Gasteiger partial charge on any atom is -0.375 e. The lowest BCUT2D eigenvalue weighted by Gasteiger charge is -2.34. The Hall–Kier alpha value is -0.120. The Labute approximate surface area is 113 Å². The molecule has 3 unspecified atom stereocenters. The zero-order chi connectivity index (χ0) is 13.5. The van der Waals surface area contributed by atoms with E-state index in [1.807, 2.05) is 0 Å². The molecule has 1 heterocycles. The number of hydrogen-bond acceptors (Lipinski definition) is 3. The Bertz CT molecular complexity index is 211. The van der Waals surface area contributed by atoms with Gasteiger partial charge in [-0.3, -0.25) is 0 Å². The summed E-state index contributed by atoms with van der Waals surface area (Å²) in [6.07, 6.45) is 4.52. The Morgan fingerprint density at radius 1 is 1.17 bits per heavy atom. The van der Waals surface area contributed by atoms with Gasteiger partial charge in [-0.1, -0.05) is 20.8 Å². The van der Waals surface area contributed by atoms with Crippen LogP contribution in [0.2, 0.25) is 0 Å². The van der Waals surface area contributed by atoms with Gasteiger partial charge in [-0.2, -0.15) is 0 Å². The molecule has 108 valence electrons. The van der Waals surface area contributed by atoms with Gasteiger partial charge in [0.1, 0.15) is 0 Å². The van der Waals surface area contributed by atoms with E-state index in [2.05, 4.69) is 39.9 Å². The largest absolute Gasteiger partial charge is 0.375 e. The van der Waals surface area contributed by atoms with Gasteiger partial charge in [-0.15, -0.1) is 0 Å². The third-order valence-electron chi connectivity index (χ3n) is 3.42. The summed E-state index contributed by atoms with van der Waals surface area (Å²) in [6, 6.07) is 0. The zero-order valence-corrected chi connectivity index (χ0v) is 12.7. The third-order valence-corrected chi connectivity index (χ3v) is 3.42. The van der Waals surface area contributed by atoms with Gasteiger partial charge < -0.3 is 14.8 Å². The number of hydrogen-bond donors (Lipinski definition) is 1. The molecule has 0 radical (unpaired) electrons. The first kappa shape index (κ1) is 15.9. The minimum absolute atomic E-state index is 0.333. The Morgan fingerprint density at radius 2 is 1.78 bits per heavy atom. The van der Waals surface area contributed by atoms with Crippen molar-refractivity contribution in [2.24, 2.45) is 5.92 Å². The Kier molecular flexibility index (Phi) is 7.20. The van der Waals surface area contributed by atoms with E-state index in [1.54, 1.807) is 0 Å². The summed E-state index contributed by atoms with van der Waals surface area (Å²) in [5, 5.41) is 3.49. The van der Waals surface area contributed by atoms with Gasteiger partial charge >= 0.3 is 0 Å². The fourth-order valence-electron chi connectivity index (χ4n) is 2.55. The Morgan fingerprint density at radius 3 is 2.28 bits per heavy atom. The maximum atomic E-state index is 6.22.